The summed E-state index contributed by atoms with van der Waals surface area (Å²) in [6, 6.07) is 4.91. The number of hydrogen-bond donors (Lipinski definition) is 1. The Bertz CT molecular complexity index is 628. The number of nitrogens with zero attached hydrogens (tertiary/aromatic N) is 2. The molecular weight excluding hydrogens is 377 g/mol. The third-order valence-electron chi connectivity index (χ3n) is 3.93. The fraction of sp³-hybridized carbons (Fsp3) is 0.500. The monoisotopic (exact) mass is 401 g/mol. The summed E-state index contributed by atoms with van der Waals surface area (Å²) in [5.74, 6) is -0.552. The summed E-state index contributed by atoms with van der Waals surface area (Å²) in [5.41, 5.74) is 0.325. The highest BCUT2D eigenvalue weighted by Gasteiger charge is 2.16. The van der Waals surface area contributed by atoms with Crippen molar-refractivity contribution in [3.05, 3.63) is 28.2 Å². The first-order valence-corrected chi connectivity index (χ1v) is 9.31. The number of carbonyl (C=O) groups is 3. The first-order valence-electron chi connectivity index (χ1n) is 8.55. The number of carbonyl (C=O) groups excluding carboxylic acids is 3. The van der Waals surface area contributed by atoms with Gasteiger partial charge < -0.3 is 15.1 Å². The predicted octanol–water partition coefficient (Wildman–Crippen LogP) is 3.43. The average molecular weight is 402 g/mol. The number of benzene rings is 1. The summed E-state index contributed by atoms with van der Waals surface area (Å²) < 4.78 is 0. The molecule has 0 unspecified atom stereocenters. The minimum atomic E-state index is -0.393. The van der Waals surface area contributed by atoms with Crippen LogP contribution in [0.1, 0.15) is 33.1 Å². The van der Waals surface area contributed by atoms with E-state index in [9.17, 15) is 14.4 Å². The van der Waals surface area contributed by atoms with E-state index in [1.807, 2.05) is 13.8 Å². The fourth-order valence-electron chi connectivity index (χ4n) is 2.42. The Kier molecular flexibility index (Phi) is 9.44. The number of amides is 3. The van der Waals surface area contributed by atoms with Crippen LogP contribution in [0.5, 0.6) is 0 Å². The highest BCUT2D eigenvalue weighted by molar-refractivity contribution is 6.39. The number of nitrogens with one attached hydrogen (secondary N) is 1. The van der Waals surface area contributed by atoms with Crippen molar-refractivity contribution in [3.63, 3.8) is 0 Å². The van der Waals surface area contributed by atoms with Crippen molar-refractivity contribution >= 4 is 46.6 Å². The van der Waals surface area contributed by atoms with E-state index in [0.29, 0.717) is 41.7 Å². The molecule has 144 valence electrons. The lowest BCUT2D eigenvalue weighted by Gasteiger charge is -2.19. The molecule has 3 amide bonds. The molecular formula is C18H25Cl2N3O3. The Morgan fingerprint density at radius 3 is 2.08 bits per heavy atom. The largest absolute Gasteiger partial charge is 0.343 e. The summed E-state index contributed by atoms with van der Waals surface area (Å²) in [5, 5.41) is 3.27. The second kappa shape index (κ2) is 11.0. The summed E-state index contributed by atoms with van der Waals surface area (Å²) in [6.45, 7) is 5.04. The maximum absolute atomic E-state index is 12.1. The fourth-order valence-corrected chi connectivity index (χ4v) is 2.91. The van der Waals surface area contributed by atoms with Gasteiger partial charge in [-0.25, -0.2) is 0 Å². The van der Waals surface area contributed by atoms with Gasteiger partial charge in [-0.3, -0.25) is 14.4 Å². The first kappa shape index (κ1) is 22.3. The highest BCUT2D eigenvalue weighted by atomic mass is 35.5. The molecule has 0 aliphatic rings. The van der Waals surface area contributed by atoms with Gasteiger partial charge in [-0.15, -0.1) is 0 Å². The molecule has 0 saturated carbocycles. The van der Waals surface area contributed by atoms with Gasteiger partial charge in [0.1, 0.15) is 0 Å². The molecule has 1 rings (SSSR count). The molecule has 0 atom stereocenters. The zero-order valence-electron chi connectivity index (χ0n) is 15.3. The third kappa shape index (κ3) is 6.84. The van der Waals surface area contributed by atoms with Crippen LogP contribution in [0.25, 0.3) is 0 Å². The van der Waals surface area contributed by atoms with E-state index in [-0.39, 0.29) is 24.8 Å². The van der Waals surface area contributed by atoms with Crippen LogP contribution >= 0.6 is 23.2 Å². The normalized spacial score (nSPS) is 10.3. The van der Waals surface area contributed by atoms with Crippen molar-refractivity contribution < 1.29 is 14.4 Å². The van der Waals surface area contributed by atoms with Crippen molar-refractivity contribution in [2.45, 2.75) is 33.1 Å². The molecule has 0 saturated heterocycles. The van der Waals surface area contributed by atoms with Gasteiger partial charge in [-0.05, 0) is 32.4 Å². The van der Waals surface area contributed by atoms with E-state index in [1.165, 1.54) is 4.90 Å². The number of hydrogen-bond acceptors (Lipinski definition) is 3. The lowest BCUT2D eigenvalue weighted by Crippen LogP contribution is -2.35. The lowest BCUT2D eigenvalue weighted by atomic mass is 10.2. The Morgan fingerprint density at radius 1 is 1.00 bits per heavy atom. The number of rotatable bonds is 9. The molecule has 6 nitrogen and oxygen atoms in total. The predicted molar refractivity (Wildman–Crippen MR) is 105 cm³/mol. The molecule has 0 radical (unpaired) electrons. The first-order chi connectivity index (χ1) is 12.3. The Hall–Kier alpha value is -1.79. The average Bonchev–Trinajstić information content (AvgIpc) is 2.59. The van der Waals surface area contributed by atoms with Gasteiger partial charge in [0.25, 0.3) is 0 Å². The van der Waals surface area contributed by atoms with Crippen molar-refractivity contribution in [2.75, 3.05) is 32.0 Å². The van der Waals surface area contributed by atoms with Crippen LogP contribution in [-0.2, 0) is 14.4 Å². The Balaban J connectivity index is 2.44. The van der Waals surface area contributed by atoms with Crippen LogP contribution in [0.4, 0.5) is 5.69 Å². The Labute approximate surface area is 164 Å². The molecule has 1 N–H and O–H groups in total. The topological polar surface area (TPSA) is 69.7 Å². The summed E-state index contributed by atoms with van der Waals surface area (Å²) in [6.07, 6.45) is 0.989. The van der Waals surface area contributed by atoms with Crippen molar-refractivity contribution in [2.24, 2.45) is 0 Å². The van der Waals surface area contributed by atoms with E-state index < -0.39 is 5.91 Å². The van der Waals surface area contributed by atoms with Gasteiger partial charge in [0, 0.05) is 33.0 Å². The number of anilines is 1. The van der Waals surface area contributed by atoms with Gasteiger partial charge in [-0.2, -0.15) is 0 Å². The van der Waals surface area contributed by atoms with E-state index in [4.69, 9.17) is 23.2 Å². The molecule has 0 aromatic heterocycles. The van der Waals surface area contributed by atoms with Gasteiger partial charge >= 0.3 is 0 Å². The SMILES string of the molecule is CCN(CC)C(=O)CCCC(=O)N(C)CC(=O)Nc1c(Cl)cccc1Cl. The zero-order chi connectivity index (χ0) is 19.7. The van der Waals surface area contributed by atoms with Crippen LogP contribution in [0.15, 0.2) is 18.2 Å². The van der Waals surface area contributed by atoms with E-state index in [0.717, 1.165) is 0 Å². The summed E-state index contributed by atoms with van der Waals surface area (Å²) >= 11 is 12.0. The van der Waals surface area contributed by atoms with Gasteiger partial charge in [0.15, 0.2) is 0 Å². The van der Waals surface area contributed by atoms with Gasteiger partial charge in [0.2, 0.25) is 17.7 Å². The molecule has 0 bridgehead atoms. The van der Waals surface area contributed by atoms with E-state index >= 15 is 0 Å². The van der Waals surface area contributed by atoms with Gasteiger partial charge in [-0.1, -0.05) is 29.3 Å². The standard InChI is InChI=1S/C18H25Cl2N3O3/c1-4-23(5-2)17(26)11-7-10-16(25)22(3)12-15(24)21-18-13(19)8-6-9-14(18)20/h6,8-9H,4-5,7,10-12H2,1-3H3,(H,21,24). The lowest BCUT2D eigenvalue weighted by molar-refractivity contribution is -0.134. The van der Waals surface area contributed by atoms with E-state index in [2.05, 4.69) is 5.32 Å². The van der Waals surface area contributed by atoms with Crippen LogP contribution in [0, 0.1) is 0 Å². The Morgan fingerprint density at radius 2 is 1.54 bits per heavy atom. The van der Waals surface area contributed by atoms with Crippen LogP contribution in [-0.4, -0.2) is 54.2 Å². The molecule has 0 heterocycles. The maximum atomic E-state index is 12.1. The second-order valence-corrected chi connectivity index (χ2v) is 6.63. The zero-order valence-corrected chi connectivity index (χ0v) is 16.9. The number of para-hydroxylation sites is 1. The van der Waals surface area contributed by atoms with Gasteiger partial charge in [0.05, 0.1) is 22.3 Å². The highest BCUT2D eigenvalue weighted by Crippen LogP contribution is 2.29. The number of likely N-dealkylation sites (N-methyl/N-ethyl adjacent to an activating group) is 1. The van der Waals surface area contributed by atoms with E-state index in [1.54, 1.807) is 30.1 Å². The smallest absolute Gasteiger partial charge is 0.244 e. The molecule has 0 fully saturated rings. The molecule has 8 heteroatoms. The quantitative estimate of drug-likeness (QED) is 0.688. The van der Waals surface area contributed by atoms with Crippen LogP contribution in [0.3, 0.4) is 0 Å². The number of halogens is 2. The second-order valence-electron chi connectivity index (χ2n) is 5.81. The van der Waals surface area contributed by atoms with Crippen molar-refractivity contribution in [3.8, 4) is 0 Å². The molecule has 0 aliphatic carbocycles. The maximum Gasteiger partial charge on any atom is 0.244 e. The molecule has 26 heavy (non-hydrogen) atoms. The third-order valence-corrected chi connectivity index (χ3v) is 4.56. The minimum Gasteiger partial charge on any atom is -0.343 e. The van der Waals surface area contributed by atoms with Crippen LogP contribution in [0.2, 0.25) is 10.0 Å². The van der Waals surface area contributed by atoms with Crippen molar-refractivity contribution in [1.82, 2.24) is 9.80 Å². The summed E-state index contributed by atoms with van der Waals surface area (Å²) in [7, 11) is 1.54. The molecule has 1 aromatic carbocycles. The molecule has 1 aromatic rings. The van der Waals surface area contributed by atoms with Crippen LogP contribution < -0.4 is 5.32 Å². The minimum absolute atomic E-state index is 0.0385. The summed E-state index contributed by atoms with van der Waals surface area (Å²) in [4.78, 5) is 39.2. The molecule has 0 spiro atoms. The van der Waals surface area contributed by atoms with Crippen molar-refractivity contribution in [1.29, 1.82) is 0 Å². The molecule has 0 aliphatic heterocycles.